The molecular formula is C8H13N3OS. The van der Waals surface area contributed by atoms with Gasteiger partial charge in [0.15, 0.2) is 10.3 Å². The summed E-state index contributed by atoms with van der Waals surface area (Å²) in [6, 6.07) is 0.563. The smallest absolute Gasteiger partial charge is 0.170 e. The summed E-state index contributed by atoms with van der Waals surface area (Å²) in [4.78, 5) is 8.54. The van der Waals surface area contributed by atoms with Gasteiger partial charge >= 0.3 is 0 Å². The van der Waals surface area contributed by atoms with Crippen LogP contribution in [0, 0.1) is 0 Å². The first-order valence-electron chi connectivity index (χ1n) is 4.49. The van der Waals surface area contributed by atoms with Crippen molar-refractivity contribution in [2.24, 2.45) is 9.98 Å². The summed E-state index contributed by atoms with van der Waals surface area (Å²) in [5, 5.41) is 13.9. The number of aliphatic imine (C=N–C) groups is 2. The van der Waals surface area contributed by atoms with Gasteiger partial charge in [-0.3, -0.25) is 9.98 Å². The fourth-order valence-corrected chi connectivity index (χ4v) is 1.57. The van der Waals surface area contributed by atoms with E-state index in [9.17, 15) is 0 Å². The van der Waals surface area contributed by atoms with Gasteiger partial charge in [-0.15, -0.1) is 0 Å². The van der Waals surface area contributed by atoms with Crippen LogP contribution in [0.25, 0.3) is 0 Å². The topological polar surface area (TPSA) is 57.0 Å². The molecule has 1 aliphatic carbocycles. The highest BCUT2D eigenvalue weighted by molar-refractivity contribution is 8.29. The number of amidine groups is 2. The van der Waals surface area contributed by atoms with Gasteiger partial charge in [0.1, 0.15) is 0 Å². The maximum absolute atomic E-state index is 8.97. The number of hydrogen-bond acceptors (Lipinski definition) is 4. The first-order valence-corrected chi connectivity index (χ1v) is 5.31. The van der Waals surface area contributed by atoms with Gasteiger partial charge < -0.3 is 10.4 Å². The molecule has 0 aromatic carbocycles. The molecule has 5 heteroatoms. The lowest BCUT2D eigenvalue weighted by atomic mass is 10.4. The SMILES string of the molecule is CC(O)CN=C1NC(=NC2CC2)S1. The van der Waals surface area contributed by atoms with Crippen molar-refractivity contribution in [2.75, 3.05) is 6.54 Å². The molecule has 4 nitrogen and oxygen atoms in total. The zero-order valence-corrected chi connectivity index (χ0v) is 8.34. The largest absolute Gasteiger partial charge is 0.391 e. The van der Waals surface area contributed by atoms with Crippen molar-refractivity contribution in [3.63, 3.8) is 0 Å². The van der Waals surface area contributed by atoms with Gasteiger partial charge in [-0.05, 0) is 31.5 Å². The van der Waals surface area contributed by atoms with E-state index in [2.05, 4.69) is 15.3 Å². The lowest BCUT2D eigenvalue weighted by molar-refractivity contribution is 0.204. The molecule has 1 aliphatic heterocycles. The average molecular weight is 199 g/mol. The van der Waals surface area contributed by atoms with Crippen LogP contribution in [0.2, 0.25) is 0 Å². The molecule has 0 amide bonds. The van der Waals surface area contributed by atoms with E-state index in [4.69, 9.17) is 5.11 Å². The first kappa shape index (κ1) is 9.02. The second-order valence-electron chi connectivity index (χ2n) is 3.39. The molecule has 0 bridgehead atoms. The van der Waals surface area contributed by atoms with E-state index in [0.29, 0.717) is 12.6 Å². The maximum atomic E-state index is 8.97. The lowest BCUT2D eigenvalue weighted by Gasteiger charge is -2.20. The monoisotopic (exact) mass is 199 g/mol. The molecular weight excluding hydrogens is 186 g/mol. The van der Waals surface area contributed by atoms with Crippen molar-refractivity contribution in [1.29, 1.82) is 0 Å². The van der Waals surface area contributed by atoms with Gasteiger partial charge in [0.05, 0.1) is 18.7 Å². The molecule has 1 heterocycles. The van der Waals surface area contributed by atoms with Crippen molar-refractivity contribution in [1.82, 2.24) is 5.32 Å². The van der Waals surface area contributed by atoms with E-state index >= 15 is 0 Å². The van der Waals surface area contributed by atoms with Crippen LogP contribution in [-0.2, 0) is 0 Å². The first-order chi connectivity index (χ1) is 6.24. The molecule has 0 spiro atoms. The van der Waals surface area contributed by atoms with E-state index in [1.807, 2.05) is 0 Å². The third-order valence-corrected chi connectivity index (χ3v) is 2.58. The van der Waals surface area contributed by atoms with Gasteiger partial charge in [-0.1, -0.05) is 0 Å². The Balaban J connectivity index is 1.73. The summed E-state index contributed by atoms with van der Waals surface area (Å²) >= 11 is 1.56. The predicted molar refractivity (Wildman–Crippen MR) is 55.2 cm³/mol. The van der Waals surface area contributed by atoms with E-state index in [-0.39, 0.29) is 6.10 Å². The van der Waals surface area contributed by atoms with Crippen LogP contribution in [0.3, 0.4) is 0 Å². The van der Waals surface area contributed by atoms with Crippen LogP contribution >= 0.6 is 11.8 Å². The summed E-state index contributed by atoms with van der Waals surface area (Å²) in [6.07, 6.45) is 2.09. The minimum atomic E-state index is -0.362. The molecule has 0 aromatic heterocycles. The molecule has 1 saturated carbocycles. The van der Waals surface area contributed by atoms with Gasteiger partial charge in [-0.25, -0.2) is 0 Å². The van der Waals surface area contributed by atoms with Crippen molar-refractivity contribution in [3.8, 4) is 0 Å². The summed E-state index contributed by atoms with van der Waals surface area (Å²) in [5.74, 6) is 0. The second kappa shape index (κ2) is 3.67. The fraction of sp³-hybridized carbons (Fsp3) is 0.750. The molecule has 0 radical (unpaired) electrons. The zero-order chi connectivity index (χ0) is 9.26. The van der Waals surface area contributed by atoms with Crippen LogP contribution in [0.5, 0.6) is 0 Å². The summed E-state index contributed by atoms with van der Waals surface area (Å²) < 4.78 is 0. The summed E-state index contributed by atoms with van der Waals surface area (Å²) in [7, 11) is 0. The molecule has 0 aromatic rings. The second-order valence-corrected chi connectivity index (χ2v) is 4.36. The Bertz CT molecular complexity index is 248. The Labute approximate surface area is 81.5 Å². The molecule has 72 valence electrons. The normalized spacial score (nSPS) is 30.0. The molecule has 1 unspecified atom stereocenters. The van der Waals surface area contributed by atoms with Crippen LogP contribution in [0.4, 0.5) is 0 Å². The van der Waals surface area contributed by atoms with Crippen molar-refractivity contribution in [2.45, 2.75) is 31.9 Å². The van der Waals surface area contributed by atoms with E-state index in [1.54, 1.807) is 18.7 Å². The quantitative estimate of drug-likeness (QED) is 0.699. The van der Waals surface area contributed by atoms with E-state index in [1.165, 1.54) is 12.8 Å². The van der Waals surface area contributed by atoms with Crippen LogP contribution in [0.1, 0.15) is 19.8 Å². The fourth-order valence-electron chi connectivity index (χ4n) is 0.903. The minimum Gasteiger partial charge on any atom is -0.391 e. The number of thioether (sulfide) groups is 1. The highest BCUT2D eigenvalue weighted by atomic mass is 32.2. The molecule has 13 heavy (non-hydrogen) atoms. The summed E-state index contributed by atoms with van der Waals surface area (Å²) in [6.45, 7) is 2.19. The Kier molecular flexibility index (Phi) is 2.55. The Morgan fingerprint density at radius 3 is 2.85 bits per heavy atom. The van der Waals surface area contributed by atoms with Crippen LogP contribution in [0.15, 0.2) is 9.98 Å². The van der Waals surface area contributed by atoms with Crippen molar-refractivity contribution < 1.29 is 5.11 Å². The van der Waals surface area contributed by atoms with Gasteiger partial charge in [0, 0.05) is 0 Å². The van der Waals surface area contributed by atoms with E-state index < -0.39 is 0 Å². The zero-order valence-electron chi connectivity index (χ0n) is 7.53. The number of aliphatic hydroxyl groups is 1. The summed E-state index contributed by atoms with van der Waals surface area (Å²) in [5.41, 5.74) is 0. The average Bonchev–Trinajstić information content (AvgIpc) is 2.76. The Morgan fingerprint density at radius 1 is 1.62 bits per heavy atom. The van der Waals surface area contributed by atoms with Gasteiger partial charge in [-0.2, -0.15) is 0 Å². The Morgan fingerprint density at radius 2 is 2.31 bits per heavy atom. The number of hydrogen-bond donors (Lipinski definition) is 2. The van der Waals surface area contributed by atoms with Gasteiger partial charge in [0.2, 0.25) is 0 Å². The van der Waals surface area contributed by atoms with Crippen molar-refractivity contribution >= 4 is 22.1 Å². The third kappa shape index (κ3) is 2.70. The van der Waals surface area contributed by atoms with Crippen LogP contribution in [-0.4, -0.2) is 34.1 Å². The molecule has 1 atom stereocenters. The molecule has 2 N–H and O–H groups in total. The van der Waals surface area contributed by atoms with Crippen molar-refractivity contribution in [3.05, 3.63) is 0 Å². The third-order valence-electron chi connectivity index (χ3n) is 1.75. The lowest BCUT2D eigenvalue weighted by Crippen LogP contribution is -2.39. The number of nitrogens with zero attached hydrogens (tertiary/aromatic N) is 2. The van der Waals surface area contributed by atoms with Crippen LogP contribution < -0.4 is 5.32 Å². The molecule has 2 fully saturated rings. The predicted octanol–water partition coefficient (Wildman–Crippen LogP) is 0.578. The minimum absolute atomic E-state index is 0.362. The Hall–Kier alpha value is -0.550. The molecule has 2 rings (SSSR count). The van der Waals surface area contributed by atoms with E-state index in [0.717, 1.165) is 10.3 Å². The highest BCUT2D eigenvalue weighted by Crippen LogP contribution is 2.26. The molecule has 1 saturated heterocycles. The standard InChI is InChI=1S/C8H13N3OS/c1-5(12)4-9-7-11-8(13-7)10-6-2-3-6/h5-6,12H,2-4H2,1H3,(H,9,10,11). The number of aliphatic hydroxyl groups excluding tert-OH is 1. The highest BCUT2D eigenvalue weighted by Gasteiger charge is 2.26. The number of nitrogens with one attached hydrogen (secondary N) is 1. The molecule has 2 aliphatic rings. The maximum Gasteiger partial charge on any atom is 0.170 e. The number of rotatable bonds is 3. The van der Waals surface area contributed by atoms with Gasteiger partial charge in [0.25, 0.3) is 0 Å².